The molecule has 1 amide bonds. The van der Waals surface area contributed by atoms with Gasteiger partial charge in [0.2, 0.25) is 5.91 Å². The van der Waals surface area contributed by atoms with Gasteiger partial charge in [-0.25, -0.2) is 0 Å². The van der Waals surface area contributed by atoms with Crippen molar-refractivity contribution < 1.29 is 4.79 Å². The molecule has 1 heterocycles. The number of carbonyl (C=O) groups is 1. The van der Waals surface area contributed by atoms with Crippen LogP contribution in [0.4, 0.5) is 0 Å². The van der Waals surface area contributed by atoms with Gasteiger partial charge in [0.05, 0.1) is 10.9 Å². The lowest BCUT2D eigenvalue weighted by atomic mass is 10.0. The van der Waals surface area contributed by atoms with Crippen molar-refractivity contribution in [3.8, 4) is 0 Å². The molecule has 0 spiro atoms. The molecule has 2 N–H and O–H groups in total. The van der Waals surface area contributed by atoms with Crippen LogP contribution in [0, 0.1) is 17.8 Å². The number of hydrogen-bond donors (Lipinski definition) is 1. The third-order valence-corrected chi connectivity index (χ3v) is 3.80. The lowest BCUT2D eigenvalue weighted by molar-refractivity contribution is -0.132. The number of nitrogens with zero attached hydrogens (tertiary/aromatic N) is 1. The van der Waals surface area contributed by atoms with Gasteiger partial charge in [0.1, 0.15) is 0 Å². The van der Waals surface area contributed by atoms with Crippen molar-refractivity contribution in [2.24, 2.45) is 23.5 Å². The van der Waals surface area contributed by atoms with Gasteiger partial charge in [-0.2, -0.15) is 0 Å². The van der Waals surface area contributed by atoms with Gasteiger partial charge >= 0.3 is 0 Å². The van der Waals surface area contributed by atoms with Gasteiger partial charge in [-0.15, -0.1) is 0 Å². The first-order valence-corrected chi connectivity index (χ1v) is 6.46. The molecule has 3 unspecified atom stereocenters. The molecule has 3 nitrogen and oxygen atoms in total. The van der Waals surface area contributed by atoms with E-state index in [0.717, 1.165) is 25.9 Å². The van der Waals surface area contributed by atoms with Gasteiger partial charge in [0, 0.05) is 13.1 Å². The van der Waals surface area contributed by atoms with E-state index in [1.807, 2.05) is 11.8 Å². The first-order valence-electron chi connectivity index (χ1n) is 6.05. The zero-order valence-corrected chi connectivity index (χ0v) is 11.2. The van der Waals surface area contributed by atoms with Gasteiger partial charge in [-0.1, -0.05) is 39.4 Å². The number of thiocarbonyl (C=S) groups is 1. The van der Waals surface area contributed by atoms with Gasteiger partial charge in [-0.3, -0.25) is 4.79 Å². The number of hydrogen-bond acceptors (Lipinski definition) is 2. The largest absolute Gasteiger partial charge is 0.393 e. The van der Waals surface area contributed by atoms with E-state index in [4.69, 9.17) is 18.0 Å². The van der Waals surface area contributed by atoms with Crippen LogP contribution >= 0.6 is 12.2 Å². The molecule has 0 radical (unpaired) electrons. The maximum atomic E-state index is 12.2. The minimum Gasteiger partial charge on any atom is -0.393 e. The molecular formula is C12H22N2OS. The average Bonchev–Trinajstić information content (AvgIpc) is 2.54. The SMILES string of the molecule is CCCC(C(=O)N1CC(C)C(C)C1)C(N)=S. The van der Waals surface area contributed by atoms with E-state index in [9.17, 15) is 4.79 Å². The van der Waals surface area contributed by atoms with Crippen molar-refractivity contribution in [3.63, 3.8) is 0 Å². The Morgan fingerprint density at radius 1 is 1.44 bits per heavy atom. The van der Waals surface area contributed by atoms with E-state index in [1.54, 1.807) is 0 Å². The summed E-state index contributed by atoms with van der Waals surface area (Å²) >= 11 is 4.98. The summed E-state index contributed by atoms with van der Waals surface area (Å²) in [4.78, 5) is 14.5. The van der Waals surface area contributed by atoms with E-state index < -0.39 is 0 Å². The summed E-state index contributed by atoms with van der Waals surface area (Å²) in [5, 5.41) is 0. The first kappa shape index (κ1) is 13.4. The minimum absolute atomic E-state index is 0.130. The molecule has 3 atom stereocenters. The summed E-state index contributed by atoms with van der Waals surface area (Å²) < 4.78 is 0. The topological polar surface area (TPSA) is 46.3 Å². The highest BCUT2D eigenvalue weighted by molar-refractivity contribution is 7.80. The van der Waals surface area contributed by atoms with Crippen LogP contribution < -0.4 is 5.73 Å². The first-order chi connectivity index (χ1) is 7.47. The van der Waals surface area contributed by atoms with Crippen LogP contribution in [0.15, 0.2) is 0 Å². The van der Waals surface area contributed by atoms with Crippen molar-refractivity contribution in [2.45, 2.75) is 33.6 Å². The molecule has 1 rings (SSSR count). The zero-order valence-electron chi connectivity index (χ0n) is 10.4. The lowest BCUT2D eigenvalue weighted by Crippen LogP contribution is -2.40. The molecule has 0 aromatic rings. The second-order valence-electron chi connectivity index (χ2n) is 4.94. The quantitative estimate of drug-likeness (QED) is 0.765. The number of rotatable bonds is 4. The van der Waals surface area contributed by atoms with Crippen LogP contribution in [-0.2, 0) is 4.79 Å². The summed E-state index contributed by atoms with van der Waals surface area (Å²) in [6, 6.07) is 0. The Morgan fingerprint density at radius 2 is 1.94 bits per heavy atom. The molecule has 1 fully saturated rings. The van der Waals surface area contributed by atoms with Crippen molar-refractivity contribution in [1.29, 1.82) is 0 Å². The third kappa shape index (κ3) is 2.94. The Balaban J connectivity index is 2.65. The van der Waals surface area contributed by atoms with Crippen molar-refractivity contribution >= 4 is 23.1 Å². The monoisotopic (exact) mass is 242 g/mol. The summed E-state index contributed by atoms with van der Waals surface area (Å²) in [6.07, 6.45) is 1.71. The fraction of sp³-hybridized carbons (Fsp3) is 0.833. The van der Waals surface area contributed by atoms with Gasteiger partial charge < -0.3 is 10.6 Å². The van der Waals surface area contributed by atoms with Gasteiger partial charge in [-0.05, 0) is 18.3 Å². The van der Waals surface area contributed by atoms with Crippen LogP contribution in [0.25, 0.3) is 0 Å². The molecular weight excluding hydrogens is 220 g/mol. The van der Waals surface area contributed by atoms with Crippen molar-refractivity contribution in [3.05, 3.63) is 0 Å². The maximum Gasteiger partial charge on any atom is 0.232 e. The Labute approximate surface area is 103 Å². The molecule has 0 aromatic carbocycles. The van der Waals surface area contributed by atoms with Gasteiger partial charge in [0.15, 0.2) is 0 Å². The second kappa shape index (κ2) is 5.62. The van der Waals surface area contributed by atoms with E-state index >= 15 is 0 Å². The predicted octanol–water partition coefficient (Wildman–Crippen LogP) is 1.80. The highest BCUT2D eigenvalue weighted by atomic mass is 32.1. The van der Waals surface area contributed by atoms with Crippen LogP contribution in [0.5, 0.6) is 0 Å². The fourth-order valence-electron chi connectivity index (χ4n) is 2.21. The molecule has 4 heteroatoms. The number of amides is 1. The molecule has 1 aliphatic heterocycles. The van der Waals surface area contributed by atoms with Gasteiger partial charge in [0.25, 0.3) is 0 Å². The molecule has 16 heavy (non-hydrogen) atoms. The van der Waals surface area contributed by atoms with E-state index in [1.165, 1.54) is 0 Å². The summed E-state index contributed by atoms with van der Waals surface area (Å²) in [5.74, 6) is 1.04. The number of carbonyl (C=O) groups excluding carboxylic acids is 1. The van der Waals surface area contributed by atoms with Crippen LogP contribution in [0.3, 0.4) is 0 Å². The average molecular weight is 242 g/mol. The molecule has 0 saturated carbocycles. The summed E-state index contributed by atoms with van der Waals surface area (Å²) in [7, 11) is 0. The maximum absolute atomic E-state index is 12.2. The van der Waals surface area contributed by atoms with Crippen molar-refractivity contribution in [2.75, 3.05) is 13.1 Å². The van der Waals surface area contributed by atoms with E-state index in [0.29, 0.717) is 16.8 Å². The molecule has 0 aliphatic carbocycles. The Bertz CT molecular complexity index is 270. The standard InChI is InChI=1S/C12H22N2OS/c1-4-5-10(11(13)16)12(15)14-6-8(2)9(3)7-14/h8-10H,4-7H2,1-3H3,(H2,13,16). The lowest BCUT2D eigenvalue weighted by Gasteiger charge is -2.22. The highest BCUT2D eigenvalue weighted by Crippen LogP contribution is 2.24. The predicted molar refractivity (Wildman–Crippen MR) is 70.1 cm³/mol. The molecule has 0 bridgehead atoms. The zero-order chi connectivity index (χ0) is 12.3. The minimum atomic E-state index is -0.252. The number of likely N-dealkylation sites (tertiary alicyclic amines) is 1. The van der Waals surface area contributed by atoms with Crippen LogP contribution in [0.1, 0.15) is 33.6 Å². The van der Waals surface area contributed by atoms with Crippen LogP contribution in [0.2, 0.25) is 0 Å². The Kier molecular flexibility index (Phi) is 4.71. The molecule has 0 aromatic heterocycles. The van der Waals surface area contributed by atoms with Crippen LogP contribution in [-0.4, -0.2) is 28.9 Å². The third-order valence-electron chi connectivity index (χ3n) is 3.52. The molecule has 1 aliphatic rings. The number of nitrogens with two attached hydrogens (primary N) is 1. The molecule has 1 saturated heterocycles. The molecule has 92 valence electrons. The second-order valence-corrected chi connectivity index (χ2v) is 5.41. The smallest absolute Gasteiger partial charge is 0.232 e. The summed E-state index contributed by atoms with van der Waals surface area (Å²) in [5.41, 5.74) is 5.64. The van der Waals surface area contributed by atoms with Crippen molar-refractivity contribution in [1.82, 2.24) is 4.90 Å². The fourth-order valence-corrected chi connectivity index (χ4v) is 2.42. The Morgan fingerprint density at radius 3 is 2.31 bits per heavy atom. The van der Waals surface area contributed by atoms with E-state index in [-0.39, 0.29) is 11.8 Å². The van der Waals surface area contributed by atoms with E-state index in [2.05, 4.69) is 13.8 Å². The highest BCUT2D eigenvalue weighted by Gasteiger charge is 2.33. The summed E-state index contributed by atoms with van der Waals surface area (Å²) in [6.45, 7) is 8.13. The normalized spacial score (nSPS) is 26.8. The Hall–Kier alpha value is -0.640.